The van der Waals surface area contributed by atoms with E-state index < -0.39 is 0 Å². The van der Waals surface area contributed by atoms with E-state index in [4.69, 9.17) is 13.9 Å². The van der Waals surface area contributed by atoms with Crippen LogP contribution in [0.1, 0.15) is 22.5 Å². The van der Waals surface area contributed by atoms with Gasteiger partial charge in [0.25, 0.3) is 0 Å². The smallest absolute Gasteiger partial charge is 0.337 e. The van der Waals surface area contributed by atoms with E-state index >= 15 is 0 Å². The van der Waals surface area contributed by atoms with Crippen molar-refractivity contribution in [3.8, 4) is 11.3 Å². The summed E-state index contributed by atoms with van der Waals surface area (Å²) < 4.78 is 16.0. The minimum Gasteiger partial charge on any atom is -0.465 e. The summed E-state index contributed by atoms with van der Waals surface area (Å²) in [6.45, 7) is 6.55. The fraction of sp³-hybridized carbons (Fsp3) is 0.450. The summed E-state index contributed by atoms with van der Waals surface area (Å²) in [4.78, 5) is 13.9. The van der Waals surface area contributed by atoms with Crippen LogP contribution in [-0.4, -0.2) is 57.4 Å². The summed E-state index contributed by atoms with van der Waals surface area (Å²) in [6.07, 6.45) is 1.11. The van der Waals surface area contributed by atoms with Gasteiger partial charge in [-0.1, -0.05) is 12.1 Å². The van der Waals surface area contributed by atoms with Gasteiger partial charge in [0, 0.05) is 18.7 Å². The molecule has 1 aromatic carbocycles. The molecule has 1 aliphatic heterocycles. The van der Waals surface area contributed by atoms with Gasteiger partial charge in [0.15, 0.2) is 0 Å². The minimum atomic E-state index is -0.335. The van der Waals surface area contributed by atoms with E-state index in [-0.39, 0.29) is 30.8 Å². The van der Waals surface area contributed by atoms with Crippen LogP contribution in [0.5, 0.6) is 0 Å². The number of hydrogen-bond acceptors (Lipinski definition) is 6. The first-order chi connectivity index (χ1) is 12.8. The Morgan fingerprint density at radius 1 is 1.11 bits per heavy atom. The molecule has 1 N–H and O–H groups in total. The maximum Gasteiger partial charge on any atom is 0.337 e. The Morgan fingerprint density at radius 3 is 2.50 bits per heavy atom. The number of nitrogens with one attached hydrogen (secondary N) is 1. The van der Waals surface area contributed by atoms with Gasteiger partial charge >= 0.3 is 5.97 Å². The monoisotopic (exact) mass is 430 g/mol. The van der Waals surface area contributed by atoms with E-state index in [0.29, 0.717) is 12.1 Å². The highest BCUT2D eigenvalue weighted by atomic mass is 35.5. The molecular weight excluding hydrogens is 403 g/mol. The Bertz CT molecular complexity index is 700. The molecule has 0 aliphatic carbocycles. The van der Waals surface area contributed by atoms with Crippen molar-refractivity contribution < 1.29 is 18.7 Å². The van der Waals surface area contributed by atoms with Gasteiger partial charge in [-0.3, -0.25) is 4.90 Å². The third-order valence-electron chi connectivity index (χ3n) is 4.48. The Balaban J connectivity index is 0.00000196. The van der Waals surface area contributed by atoms with Crippen LogP contribution in [0.4, 0.5) is 0 Å². The number of halogens is 2. The molecule has 6 nitrogen and oxygen atoms in total. The average molecular weight is 431 g/mol. The van der Waals surface area contributed by atoms with E-state index in [1.807, 2.05) is 24.3 Å². The Kier molecular flexibility index (Phi) is 11.2. The Labute approximate surface area is 178 Å². The highest BCUT2D eigenvalue weighted by Crippen LogP contribution is 2.22. The molecule has 0 atom stereocenters. The molecule has 8 heteroatoms. The lowest BCUT2D eigenvalue weighted by Gasteiger charge is -2.26. The molecule has 2 aromatic rings. The molecule has 1 aromatic heterocycles. The van der Waals surface area contributed by atoms with E-state index in [9.17, 15) is 4.79 Å². The second-order valence-electron chi connectivity index (χ2n) is 6.32. The molecule has 1 saturated heterocycles. The number of ether oxygens (including phenoxy) is 2. The van der Waals surface area contributed by atoms with Crippen LogP contribution >= 0.6 is 24.8 Å². The van der Waals surface area contributed by atoms with Crippen molar-refractivity contribution in [2.24, 2.45) is 0 Å². The van der Waals surface area contributed by atoms with Gasteiger partial charge in [0.2, 0.25) is 0 Å². The van der Waals surface area contributed by atoms with E-state index in [1.165, 1.54) is 7.11 Å². The quantitative estimate of drug-likeness (QED) is 0.511. The van der Waals surface area contributed by atoms with Crippen molar-refractivity contribution in [3.63, 3.8) is 0 Å². The van der Waals surface area contributed by atoms with Gasteiger partial charge in [-0.25, -0.2) is 4.79 Å². The summed E-state index contributed by atoms with van der Waals surface area (Å²) >= 11 is 0. The van der Waals surface area contributed by atoms with Crippen LogP contribution in [0.15, 0.2) is 40.8 Å². The number of carbonyl (C=O) groups excluding carboxylic acids is 1. The van der Waals surface area contributed by atoms with Gasteiger partial charge in [0.1, 0.15) is 11.5 Å². The number of furan rings is 1. The van der Waals surface area contributed by atoms with Crippen LogP contribution in [0, 0.1) is 0 Å². The molecule has 0 bridgehead atoms. The summed E-state index contributed by atoms with van der Waals surface area (Å²) in [5.74, 6) is 1.37. The van der Waals surface area contributed by atoms with Gasteiger partial charge in [-0.15, -0.1) is 24.8 Å². The molecular formula is C20H28Cl2N2O4. The maximum atomic E-state index is 11.5. The van der Waals surface area contributed by atoms with E-state index in [0.717, 1.165) is 62.9 Å². The SMILES string of the molecule is COC(=O)c1ccc(-c2ccc(CNCCCN3CCOCC3)o2)cc1.Cl.Cl. The molecule has 0 saturated carbocycles. The topological polar surface area (TPSA) is 63.9 Å². The van der Waals surface area contributed by atoms with Crippen molar-refractivity contribution in [2.45, 2.75) is 13.0 Å². The predicted molar refractivity (Wildman–Crippen MR) is 114 cm³/mol. The molecule has 0 amide bonds. The summed E-state index contributed by atoms with van der Waals surface area (Å²) in [7, 11) is 1.38. The Hall–Kier alpha value is -1.57. The standard InChI is InChI=1S/C20H26N2O4.2ClH/c1-24-20(23)17-5-3-16(4-6-17)19-8-7-18(26-19)15-21-9-2-10-22-11-13-25-14-12-22;;/h3-8,21H,2,9-15H2,1H3;2*1H. The number of hydrogen-bond donors (Lipinski definition) is 1. The number of carbonyl (C=O) groups is 1. The lowest BCUT2D eigenvalue weighted by molar-refractivity contribution is 0.0374. The first kappa shape index (κ1) is 24.5. The zero-order chi connectivity index (χ0) is 18.2. The maximum absolute atomic E-state index is 11.5. The summed E-state index contributed by atoms with van der Waals surface area (Å²) in [5, 5.41) is 3.42. The van der Waals surface area contributed by atoms with Gasteiger partial charge in [-0.05, 0) is 43.8 Å². The molecule has 1 aliphatic rings. The van der Waals surface area contributed by atoms with Crippen LogP contribution < -0.4 is 5.32 Å². The highest BCUT2D eigenvalue weighted by Gasteiger charge is 2.10. The van der Waals surface area contributed by atoms with Crippen LogP contribution in [0.3, 0.4) is 0 Å². The number of esters is 1. The van der Waals surface area contributed by atoms with Gasteiger partial charge < -0.3 is 19.2 Å². The van der Waals surface area contributed by atoms with Crippen LogP contribution in [0.2, 0.25) is 0 Å². The zero-order valence-electron chi connectivity index (χ0n) is 16.0. The lowest BCUT2D eigenvalue weighted by atomic mass is 10.1. The number of morpholine rings is 1. The predicted octanol–water partition coefficient (Wildman–Crippen LogP) is 3.39. The third kappa shape index (κ3) is 7.11. The summed E-state index contributed by atoms with van der Waals surface area (Å²) in [6, 6.07) is 11.2. The molecule has 0 unspecified atom stereocenters. The van der Waals surface area contributed by atoms with E-state index in [2.05, 4.69) is 10.2 Å². The number of rotatable bonds is 8. The molecule has 3 rings (SSSR count). The second kappa shape index (κ2) is 12.8. The Morgan fingerprint density at radius 2 is 1.82 bits per heavy atom. The van der Waals surface area contributed by atoms with Crippen molar-refractivity contribution in [1.29, 1.82) is 0 Å². The van der Waals surface area contributed by atoms with Crippen LogP contribution in [-0.2, 0) is 16.0 Å². The van der Waals surface area contributed by atoms with E-state index in [1.54, 1.807) is 12.1 Å². The molecule has 0 radical (unpaired) electrons. The minimum absolute atomic E-state index is 0. The van der Waals surface area contributed by atoms with Gasteiger partial charge in [-0.2, -0.15) is 0 Å². The number of nitrogens with zero attached hydrogens (tertiary/aromatic N) is 1. The number of methoxy groups -OCH3 is 1. The van der Waals surface area contributed by atoms with Gasteiger partial charge in [0.05, 0.1) is 32.4 Å². The van der Waals surface area contributed by atoms with Crippen molar-refractivity contribution in [3.05, 3.63) is 47.7 Å². The molecule has 156 valence electrons. The largest absolute Gasteiger partial charge is 0.465 e. The first-order valence-electron chi connectivity index (χ1n) is 9.04. The normalized spacial score (nSPS) is 14.0. The zero-order valence-corrected chi connectivity index (χ0v) is 17.7. The van der Waals surface area contributed by atoms with Crippen LogP contribution in [0.25, 0.3) is 11.3 Å². The molecule has 28 heavy (non-hydrogen) atoms. The molecule has 2 heterocycles. The lowest BCUT2D eigenvalue weighted by Crippen LogP contribution is -2.37. The molecule has 1 fully saturated rings. The molecule has 0 spiro atoms. The third-order valence-corrected chi connectivity index (χ3v) is 4.48. The fourth-order valence-electron chi connectivity index (χ4n) is 2.98. The van der Waals surface area contributed by atoms with Crippen molar-refractivity contribution in [1.82, 2.24) is 10.2 Å². The fourth-order valence-corrected chi connectivity index (χ4v) is 2.98. The average Bonchev–Trinajstić information content (AvgIpc) is 3.17. The first-order valence-corrected chi connectivity index (χ1v) is 9.04. The number of benzene rings is 1. The van der Waals surface area contributed by atoms with Crippen molar-refractivity contribution >= 4 is 30.8 Å². The highest BCUT2D eigenvalue weighted by molar-refractivity contribution is 5.89. The van der Waals surface area contributed by atoms with Crippen molar-refractivity contribution in [2.75, 3.05) is 46.5 Å². The summed E-state index contributed by atoms with van der Waals surface area (Å²) in [5.41, 5.74) is 1.47. The second-order valence-corrected chi connectivity index (χ2v) is 6.32.